The Morgan fingerprint density at radius 3 is 2.64 bits per heavy atom. The number of nitrogens with one attached hydrogen (secondary N) is 2. The molecule has 25 heavy (non-hydrogen) atoms. The normalized spacial score (nSPS) is 11.1. The first kappa shape index (κ1) is 21.7. The molecule has 0 saturated heterocycles. The largest absolute Gasteiger partial charge is 0.380 e. The first-order valence-electron chi connectivity index (χ1n) is 7.83. The highest BCUT2D eigenvalue weighted by Crippen LogP contribution is 2.18. The predicted octanol–water partition coefficient (Wildman–Crippen LogP) is 2.75. The van der Waals surface area contributed by atoms with E-state index in [0.29, 0.717) is 55.4 Å². The summed E-state index contributed by atoms with van der Waals surface area (Å²) in [6, 6.07) is 7.32. The van der Waals surface area contributed by atoms with Gasteiger partial charge >= 0.3 is 0 Å². The molecule has 7 nitrogen and oxygen atoms in total. The zero-order valence-corrected chi connectivity index (χ0v) is 17.4. The number of aliphatic imine (C=N–C) groups is 1. The van der Waals surface area contributed by atoms with Crippen LogP contribution in [0.2, 0.25) is 5.02 Å². The van der Waals surface area contributed by atoms with E-state index >= 15 is 0 Å². The Balaban J connectivity index is 0.00000312. The van der Waals surface area contributed by atoms with Crippen LogP contribution in [0.15, 0.2) is 33.8 Å². The average molecular weight is 480 g/mol. The van der Waals surface area contributed by atoms with Crippen molar-refractivity contribution in [2.24, 2.45) is 4.99 Å². The van der Waals surface area contributed by atoms with E-state index < -0.39 is 0 Å². The fourth-order valence-electron chi connectivity index (χ4n) is 1.97. The number of benzene rings is 1. The van der Waals surface area contributed by atoms with Crippen molar-refractivity contribution in [1.82, 2.24) is 20.8 Å². The minimum atomic E-state index is 0. The number of halogens is 2. The number of nitrogens with zero attached hydrogens (tertiary/aromatic N) is 3. The van der Waals surface area contributed by atoms with Gasteiger partial charge in [0.2, 0.25) is 11.7 Å². The molecule has 1 aromatic carbocycles. The summed E-state index contributed by atoms with van der Waals surface area (Å²) in [4.78, 5) is 8.52. The topological polar surface area (TPSA) is 84.6 Å². The molecule has 9 heteroatoms. The summed E-state index contributed by atoms with van der Waals surface area (Å²) in [6.45, 7) is 4.66. The Labute approximate surface area is 169 Å². The van der Waals surface area contributed by atoms with Crippen molar-refractivity contribution in [3.05, 3.63) is 35.2 Å². The van der Waals surface area contributed by atoms with Crippen LogP contribution < -0.4 is 10.6 Å². The highest BCUT2D eigenvalue weighted by molar-refractivity contribution is 14.0. The lowest BCUT2D eigenvalue weighted by Crippen LogP contribution is -2.39. The van der Waals surface area contributed by atoms with Crippen molar-refractivity contribution in [2.75, 3.05) is 33.4 Å². The second-order valence-corrected chi connectivity index (χ2v) is 5.33. The van der Waals surface area contributed by atoms with Crippen LogP contribution >= 0.6 is 35.6 Å². The number of hydrogen-bond donors (Lipinski definition) is 2. The molecule has 2 aromatic rings. The molecule has 1 heterocycles. The average Bonchev–Trinajstić information content (AvgIpc) is 3.06. The summed E-state index contributed by atoms with van der Waals surface area (Å²) in [5.41, 5.74) is 0.871. The summed E-state index contributed by atoms with van der Waals surface area (Å²) in [5, 5.41) is 11.0. The monoisotopic (exact) mass is 479 g/mol. The molecule has 0 saturated carbocycles. The van der Waals surface area contributed by atoms with Gasteiger partial charge in [-0.1, -0.05) is 16.8 Å². The van der Waals surface area contributed by atoms with Crippen molar-refractivity contribution in [3.8, 4) is 11.4 Å². The van der Waals surface area contributed by atoms with Gasteiger partial charge in [-0.3, -0.25) is 4.99 Å². The van der Waals surface area contributed by atoms with Crippen LogP contribution in [0.5, 0.6) is 0 Å². The highest BCUT2D eigenvalue weighted by Gasteiger charge is 2.08. The maximum atomic E-state index is 5.87. The molecule has 0 aliphatic carbocycles. The molecule has 0 atom stereocenters. The molecule has 0 aliphatic heterocycles. The second kappa shape index (κ2) is 12.0. The first-order chi connectivity index (χ1) is 11.7. The predicted molar refractivity (Wildman–Crippen MR) is 110 cm³/mol. The maximum absolute atomic E-state index is 5.87. The molecule has 2 rings (SSSR count). The van der Waals surface area contributed by atoms with Crippen LogP contribution in [-0.2, 0) is 11.2 Å². The Hall–Kier alpha value is -1.39. The SMILES string of the molecule is CCOCCNC(=NC)NCCc1nc(-c2ccc(Cl)cc2)no1.I. The van der Waals surface area contributed by atoms with E-state index in [4.69, 9.17) is 20.9 Å². The van der Waals surface area contributed by atoms with E-state index in [-0.39, 0.29) is 24.0 Å². The smallest absolute Gasteiger partial charge is 0.228 e. The summed E-state index contributed by atoms with van der Waals surface area (Å²) in [5.74, 6) is 1.84. The quantitative estimate of drug-likeness (QED) is 0.262. The highest BCUT2D eigenvalue weighted by atomic mass is 127. The van der Waals surface area contributed by atoms with Crippen molar-refractivity contribution in [3.63, 3.8) is 0 Å². The summed E-state index contributed by atoms with van der Waals surface area (Å²) in [6.07, 6.45) is 0.604. The Kier molecular flexibility index (Phi) is 10.4. The van der Waals surface area contributed by atoms with Gasteiger partial charge in [0.25, 0.3) is 0 Å². The molecule has 0 amide bonds. The van der Waals surface area contributed by atoms with Gasteiger partial charge in [-0.25, -0.2) is 0 Å². The molecule has 0 bridgehead atoms. The fourth-order valence-corrected chi connectivity index (χ4v) is 2.09. The minimum Gasteiger partial charge on any atom is -0.380 e. The van der Waals surface area contributed by atoms with Gasteiger partial charge in [0.15, 0.2) is 5.96 Å². The Morgan fingerprint density at radius 1 is 1.24 bits per heavy atom. The molecule has 0 spiro atoms. The minimum absolute atomic E-state index is 0. The maximum Gasteiger partial charge on any atom is 0.228 e. The molecule has 0 radical (unpaired) electrons. The van der Waals surface area contributed by atoms with Crippen molar-refractivity contribution < 1.29 is 9.26 Å². The molecule has 0 fully saturated rings. The lowest BCUT2D eigenvalue weighted by molar-refractivity contribution is 0.152. The van der Waals surface area contributed by atoms with Crippen LogP contribution in [0.4, 0.5) is 0 Å². The van der Waals surface area contributed by atoms with Crippen molar-refractivity contribution in [1.29, 1.82) is 0 Å². The zero-order chi connectivity index (χ0) is 17.2. The Morgan fingerprint density at radius 2 is 1.96 bits per heavy atom. The van der Waals surface area contributed by atoms with Crippen LogP contribution in [-0.4, -0.2) is 49.5 Å². The van der Waals surface area contributed by atoms with E-state index in [9.17, 15) is 0 Å². The number of ether oxygens (including phenoxy) is 1. The number of guanidine groups is 1. The molecular weight excluding hydrogens is 457 g/mol. The van der Waals surface area contributed by atoms with E-state index in [1.54, 1.807) is 19.2 Å². The van der Waals surface area contributed by atoms with Crippen LogP contribution in [0.3, 0.4) is 0 Å². The van der Waals surface area contributed by atoms with E-state index in [0.717, 1.165) is 5.56 Å². The van der Waals surface area contributed by atoms with Gasteiger partial charge in [0, 0.05) is 43.8 Å². The molecule has 1 aromatic heterocycles. The van der Waals surface area contributed by atoms with Gasteiger partial charge in [0.05, 0.1) is 6.61 Å². The van der Waals surface area contributed by atoms with Gasteiger partial charge in [-0.2, -0.15) is 4.98 Å². The van der Waals surface area contributed by atoms with Gasteiger partial charge < -0.3 is 19.9 Å². The van der Waals surface area contributed by atoms with Gasteiger partial charge in [0.1, 0.15) is 0 Å². The lowest BCUT2D eigenvalue weighted by atomic mass is 10.2. The van der Waals surface area contributed by atoms with E-state index in [1.807, 2.05) is 19.1 Å². The number of aromatic nitrogens is 2. The summed E-state index contributed by atoms with van der Waals surface area (Å²) < 4.78 is 10.5. The summed E-state index contributed by atoms with van der Waals surface area (Å²) in [7, 11) is 1.72. The third-order valence-electron chi connectivity index (χ3n) is 3.17. The van der Waals surface area contributed by atoms with Crippen LogP contribution in [0.25, 0.3) is 11.4 Å². The van der Waals surface area contributed by atoms with Crippen molar-refractivity contribution >= 4 is 41.5 Å². The second-order valence-electron chi connectivity index (χ2n) is 4.89. The number of rotatable bonds is 8. The summed E-state index contributed by atoms with van der Waals surface area (Å²) >= 11 is 5.87. The standard InChI is InChI=1S/C16H22ClN5O2.HI/c1-3-23-11-10-20-16(18-2)19-9-8-14-21-15(22-24-14)12-4-6-13(17)7-5-12;/h4-7H,3,8-11H2,1-2H3,(H2,18,19,20);1H. The van der Waals surface area contributed by atoms with E-state index in [1.165, 1.54) is 0 Å². The van der Waals surface area contributed by atoms with Crippen LogP contribution in [0, 0.1) is 0 Å². The first-order valence-corrected chi connectivity index (χ1v) is 8.21. The van der Waals surface area contributed by atoms with E-state index in [2.05, 4.69) is 25.8 Å². The molecular formula is C16H23ClIN5O2. The third-order valence-corrected chi connectivity index (χ3v) is 3.42. The molecule has 0 unspecified atom stereocenters. The fraction of sp³-hybridized carbons (Fsp3) is 0.438. The molecule has 2 N–H and O–H groups in total. The third kappa shape index (κ3) is 7.57. The van der Waals surface area contributed by atoms with Crippen molar-refractivity contribution in [2.45, 2.75) is 13.3 Å². The molecule has 0 aliphatic rings. The zero-order valence-electron chi connectivity index (χ0n) is 14.3. The van der Waals surface area contributed by atoms with Crippen LogP contribution in [0.1, 0.15) is 12.8 Å². The molecule has 138 valence electrons. The lowest BCUT2D eigenvalue weighted by Gasteiger charge is -2.10. The van der Waals surface area contributed by atoms with Gasteiger partial charge in [-0.05, 0) is 31.2 Å². The Bertz CT molecular complexity index is 648. The van der Waals surface area contributed by atoms with Gasteiger partial charge in [-0.15, -0.1) is 24.0 Å². The number of hydrogen-bond acceptors (Lipinski definition) is 5.